The van der Waals surface area contributed by atoms with Crippen molar-refractivity contribution in [1.82, 2.24) is 10.2 Å². The highest BCUT2D eigenvalue weighted by Crippen LogP contribution is 2.18. The number of carbonyl (C=O) groups is 1. The molecule has 22 heavy (non-hydrogen) atoms. The minimum Gasteiger partial charge on any atom is -0.404 e. The van der Waals surface area contributed by atoms with Crippen LogP contribution in [-0.4, -0.2) is 16.5 Å². The predicted octanol–water partition coefficient (Wildman–Crippen LogP) is 3.43. The topological polar surface area (TPSA) is 82.0 Å². The maximum absolute atomic E-state index is 10.1. The molecule has 2 aromatic carbocycles. The number of hydrogen-bond donors (Lipinski definition) is 1. The number of benzene rings is 2. The van der Waals surface area contributed by atoms with Crippen LogP contribution in [0.5, 0.6) is 0 Å². The third-order valence-electron chi connectivity index (χ3n) is 2.95. The monoisotopic (exact) mass is 295 g/mol. The van der Waals surface area contributed by atoms with Crippen molar-refractivity contribution in [3.63, 3.8) is 0 Å². The fourth-order valence-corrected chi connectivity index (χ4v) is 1.69. The molecule has 0 amide bonds. The van der Waals surface area contributed by atoms with Crippen LogP contribution < -0.4 is 5.73 Å². The molecule has 2 N–H and O–H groups in total. The van der Waals surface area contributed by atoms with E-state index in [1.165, 1.54) is 11.1 Å². The highest BCUT2D eigenvalue weighted by Gasteiger charge is 2.04. The maximum atomic E-state index is 10.1. The zero-order valence-electron chi connectivity index (χ0n) is 12.5. The van der Waals surface area contributed by atoms with Gasteiger partial charge in [-0.05, 0) is 26.0 Å². The van der Waals surface area contributed by atoms with Gasteiger partial charge in [-0.3, -0.25) is 4.79 Å². The Bertz CT molecular complexity index is 731. The van der Waals surface area contributed by atoms with Crippen molar-refractivity contribution in [3.8, 4) is 11.5 Å². The molecule has 0 unspecified atom stereocenters. The molecule has 1 heterocycles. The molecule has 5 nitrogen and oxygen atoms in total. The van der Waals surface area contributed by atoms with E-state index in [1.807, 2.05) is 62.4 Å². The Labute approximate surface area is 128 Å². The Kier molecular flexibility index (Phi) is 5.03. The van der Waals surface area contributed by atoms with Gasteiger partial charge in [0.15, 0.2) is 0 Å². The summed E-state index contributed by atoms with van der Waals surface area (Å²) in [6.07, 6.45) is 0.847. The van der Waals surface area contributed by atoms with Crippen LogP contribution in [-0.2, 0) is 0 Å². The van der Waals surface area contributed by atoms with Gasteiger partial charge in [-0.25, -0.2) is 0 Å². The molecule has 3 rings (SSSR count). The summed E-state index contributed by atoms with van der Waals surface area (Å²) in [5.41, 5.74) is 9.30. The standard InChI is InChI=1S/C9H9N3O.C8H8O/c1-6-2-4-7(5-3-6)8-11-12-9(10)13-8;1-7-2-4-8(6-9)5-3-7/h2-5H,1H3,(H2,10,12);2-6H,1H3. The molecule has 0 atom stereocenters. The molecule has 3 aromatic rings. The molecule has 0 spiro atoms. The zero-order valence-corrected chi connectivity index (χ0v) is 12.5. The van der Waals surface area contributed by atoms with Crippen LogP contribution in [0, 0.1) is 13.8 Å². The third-order valence-corrected chi connectivity index (χ3v) is 2.95. The van der Waals surface area contributed by atoms with Gasteiger partial charge in [-0.1, -0.05) is 52.6 Å². The molecule has 0 aliphatic rings. The minimum atomic E-state index is 0.0931. The van der Waals surface area contributed by atoms with Crippen LogP contribution in [0.25, 0.3) is 11.5 Å². The minimum absolute atomic E-state index is 0.0931. The first kappa shape index (κ1) is 15.4. The van der Waals surface area contributed by atoms with E-state index in [9.17, 15) is 4.79 Å². The molecule has 0 bridgehead atoms. The molecule has 5 heteroatoms. The van der Waals surface area contributed by atoms with Crippen molar-refractivity contribution in [2.45, 2.75) is 13.8 Å². The van der Waals surface area contributed by atoms with Crippen molar-refractivity contribution in [1.29, 1.82) is 0 Å². The second-order valence-corrected chi connectivity index (χ2v) is 4.84. The van der Waals surface area contributed by atoms with Crippen LogP contribution in [0.4, 0.5) is 6.01 Å². The second kappa shape index (κ2) is 7.17. The summed E-state index contributed by atoms with van der Waals surface area (Å²) < 4.78 is 5.06. The van der Waals surface area contributed by atoms with E-state index in [4.69, 9.17) is 10.2 Å². The molecule has 0 aliphatic heterocycles. The molecule has 0 radical (unpaired) electrons. The van der Waals surface area contributed by atoms with Gasteiger partial charge in [0.05, 0.1) is 0 Å². The number of rotatable bonds is 2. The maximum Gasteiger partial charge on any atom is 0.313 e. The Morgan fingerprint density at radius 2 is 1.45 bits per heavy atom. The molecule has 1 aromatic heterocycles. The van der Waals surface area contributed by atoms with Gasteiger partial charge >= 0.3 is 6.01 Å². The lowest BCUT2D eigenvalue weighted by Crippen LogP contribution is -1.81. The summed E-state index contributed by atoms with van der Waals surface area (Å²) in [6, 6.07) is 15.4. The average Bonchev–Trinajstić information content (AvgIpc) is 2.96. The lowest BCUT2D eigenvalue weighted by molar-refractivity contribution is 0.112. The number of aldehydes is 1. The zero-order chi connectivity index (χ0) is 15.9. The van der Waals surface area contributed by atoms with E-state index in [0.717, 1.165) is 17.4 Å². The van der Waals surface area contributed by atoms with E-state index >= 15 is 0 Å². The molecular weight excluding hydrogens is 278 g/mol. The number of anilines is 1. The van der Waals surface area contributed by atoms with Crippen molar-refractivity contribution in [3.05, 3.63) is 65.2 Å². The Morgan fingerprint density at radius 1 is 0.909 bits per heavy atom. The molecule has 0 aliphatic carbocycles. The van der Waals surface area contributed by atoms with E-state index in [-0.39, 0.29) is 6.01 Å². The molecule has 112 valence electrons. The van der Waals surface area contributed by atoms with Crippen molar-refractivity contribution in [2.24, 2.45) is 0 Å². The lowest BCUT2D eigenvalue weighted by Gasteiger charge is -1.94. The van der Waals surface area contributed by atoms with Crippen LogP contribution in [0.1, 0.15) is 21.5 Å². The Morgan fingerprint density at radius 3 is 1.91 bits per heavy atom. The third kappa shape index (κ3) is 4.28. The largest absolute Gasteiger partial charge is 0.404 e. The summed E-state index contributed by atoms with van der Waals surface area (Å²) in [6.45, 7) is 4.01. The van der Waals surface area contributed by atoms with E-state index in [2.05, 4.69) is 10.2 Å². The highest BCUT2D eigenvalue weighted by atomic mass is 16.4. The van der Waals surface area contributed by atoms with Crippen LogP contribution in [0.15, 0.2) is 52.9 Å². The van der Waals surface area contributed by atoms with Gasteiger partial charge in [-0.2, -0.15) is 0 Å². The lowest BCUT2D eigenvalue weighted by atomic mass is 10.1. The average molecular weight is 295 g/mol. The number of aromatic nitrogens is 2. The fourth-order valence-electron chi connectivity index (χ4n) is 1.69. The number of aryl methyl sites for hydroxylation is 2. The number of carbonyl (C=O) groups excluding carboxylic acids is 1. The number of nitrogens with zero attached hydrogens (tertiary/aromatic N) is 2. The SMILES string of the molecule is Cc1ccc(-c2nnc(N)o2)cc1.Cc1ccc(C=O)cc1. The van der Waals surface area contributed by atoms with Gasteiger partial charge < -0.3 is 10.2 Å². The quantitative estimate of drug-likeness (QED) is 0.732. The van der Waals surface area contributed by atoms with Crippen LogP contribution in [0.3, 0.4) is 0 Å². The smallest absolute Gasteiger partial charge is 0.313 e. The summed E-state index contributed by atoms with van der Waals surface area (Å²) >= 11 is 0. The number of nitrogens with two attached hydrogens (primary N) is 1. The Balaban J connectivity index is 0.000000172. The normalized spacial score (nSPS) is 9.73. The second-order valence-electron chi connectivity index (χ2n) is 4.84. The van der Waals surface area contributed by atoms with Gasteiger partial charge in [-0.15, -0.1) is 5.10 Å². The van der Waals surface area contributed by atoms with Gasteiger partial charge in [0.1, 0.15) is 6.29 Å². The van der Waals surface area contributed by atoms with Crippen molar-refractivity contribution in [2.75, 3.05) is 5.73 Å². The van der Waals surface area contributed by atoms with E-state index in [1.54, 1.807) is 0 Å². The van der Waals surface area contributed by atoms with Gasteiger partial charge in [0, 0.05) is 11.1 Å². The molecular formula is C17H17N3O2. The van der Waals surface area contributed by atoms with Gasteiger partial charge in [0.2, 0.25) is 5.89 Å². The highest BCUT2D eigenvalue weighted by molar-refractivity contribution is 5.74. The van der Waals surface area contributed by atoms with Crippen LogP contribution in [0.2, 0.25) is 0 Å². The van der Waals surface area contributed by atoms with E-state index < -0.39 is 0 Å². The Hall–Kier alpha value is -2.95. The first-order valence-corrected chi connectivity index (χ1v) is 6.76. The summed E-state index contributed by atoms with van der Waals surface area (Å²) in [4.78, 5) is 10.1. The van der Waals surface area contributed by atoms with Crippen LogP contribution >= 0.6 is 0 Å². The first-order chi connectivity index (χ1) is 10.6. The van der Waals surface area contributed by atoms with Gasteiger partial charge in [0.25, 0.3) is 0 Å². The van der Waals surface area contributed by atoms with Crippen molar-refractivity contribution < 1.29 is 9.21 Å². The molecule has 0 fully saturated rings. The predicted molar refractivity (Wildman–Crippen MR) is 85.4 cm³/mol. The summed E-state index contributed by atoms with van der Waals surface area (Å²) in [5, 5.41) is 7.35. The van der Waals surface area contributed by atoms with Crippen molar-refractivity contribution >= 4 is 12.3 Å². The molecule has 0 saturated carbocycles. The number of hydrogen-bond acceptors (Lipinski definition) is 5. The first-order valence-electron chi connectivity index (χ1n) is 6.76. The summed E-state index contributed by atoms with van der Waals surface area (Å²) in [7, 11) is 0. The number of nitrogen functional groups attached to an aromatic ring is 1. The molecule has 0 saturated heterocycles. The van der Waals surface area contributed by atoms with E-state index in [0.29, 0.717) is 5.89 Å². The fraction of sp³-hybridized carbons (Fsp3) is 0.118. The summed E-state index contributed by atoms with van der Waals surface area (Å²) in [5.74, 6) is 0.456.